The first-order chi connectivity index (χ1) is 7.30. The molecule has 1 fully saturated rings. The smallest absolute Gasteiger partial charge is 0.0719 e. The normalized spacial score (nSPS) is 30.2. The molecule has 1 unspecified atom stereocenters. The fraction of sp³-hybridized carbons (Fsp3) is 0.867. The molecule has 1 saturated carbocycles. The number of hydrogen-bond acceptors (Lipinski definition) is 1. The molecule has 0 amide bonds. The van der Waals surface area contributed by atoms with Gasteiger partial charge in [-0.3, -0.25) is 0 Å². The monoisotopic (exact) mass is 224 g/mol. The van der Waals surface area contributed by atoms with Crippen molar-refractivity contribution in [1.82, 2.24) is 0 Å². The highest BCUT2D eigenvalue weighted by molar-refractivity contribution is 5.06. The highest BCUT2D eigenvalue weighted by atomic mass is 16.3. The van der Waals surface area contributed by atoms with Crippen LogP contribution in [0.5, 0.6) is 0 Å². The van der Waals surface area contributed by atoms with Crippen molar-refractivity contribution in [2.24, 2.45) is 17.3 Å². The molecule has 0 heterocycles. The topological polar surface area (TPSA) is 20.2 Å². The van der Waals surface area contributed by atoms with Gasteiger partial charge in [0, 0.05) is 0 Å². The van der Waals surface area contributed by atoms with Gasteiger partial charge in [0.2, 0.25) is 0 Å². The van der Waals surface area contributed by atoms with Crippen LogP contribution in [0.25, 0.3) is 0 Å². The van der Waals surface area contributed by atoms with Gasteiger partial charge < -0.3 is 5.11 Å². The molecule has 0 saturated heterocycles. The van der Waals surface area contributed by atoms with Crippen LogP contribution in [0.2, 0.25) is 0 Å². The maximum atomic E-state index is 9.46. The number of rotatable bonds is 2. The van der Waals surface area contributed by atoms with Gasteiger partial charge >= 0.3 is 0 Å². The second kappa shape index (κ2) is 5.35. The summed E-state index contributed by atoms with van der Waals surface area (Å²) in [7, 11) is 0. The standard InChI is InChI=1S/C15H28O/c1-11(12(2)16)10-13-6-8-14(9-7-13)15(3,4)5/h10,12-14,16H,6-9H2,1-5H3. The summed E-state index contributed by atoms with van der Waals surface area (Å²) in [6.45, 7) is 11.0. The van der Waals surface area contributed by atoms with Gasteiger partial charge in [0.25, 0.3) is 0 Å². The number of aliphatic hydroxyl groups is 1. The molecule has 1 nitrogen and oxygen atoms in total. The molecule has 0 aromatic carbocycles. The maximum Gasteiger partial charge on any atom is 0.0719 e. The molecule has 16 heavy (non-hydrogen) atoms. The molecule has 0 radical (unpaired) electrons. The van der Waals surface area contributed by atoms with E-state index in [-0.39, 0.29) is 6.10 Å². The summed E-state index contributed by atoms with van der Waals surface area (Å²) in [5.41, 5.74) is 1.60. The summed E-state index contributed by atoms with van der Waals surface area (Å²) in [6.07, 6.45) is 7.30. The van der Waals surface area contributed by atoms with Crippen molar-refractivity contribution in [3.05, 3.63) is 11.6 Å². The third-order valence-electron chi connectivity index (χ3n) is 4.15. The maximum absolute atomic E-state index is 9.46. The van der Waals surface area contributed by atoms with Crippen LogP contribution in [-0.4, -0.2) is 11.2 Å². The van der Waals surface area contributed by atoms with Crippen LogP contribution in [0.15, 0.2) is 11.6 Å². The Hall–Kier alpha value is -0.300. The fourth-order valence-electron chi connectivity index (χ4n) is 2.66. The molecule has 1 heteroatoms. The zero-order valence-electron chi connectivity index (χ0n) is 11.6. The van der Waals surface area contributed by atoms with Crippen LogP contribution >= 0.6 is 0 Å². The molecule has 0 aliphatic heterocycles. The quantitative estimate of drug-likeness (QED) is 0.698. The van der Waals surface area contributed by atoms with Crippen molar-refractivity contribution in [2.45, 2.75) is 66.4 Å². The Morgan fingerprint density at radius 1 is 1.19 bits per heavy atom. The summed E-state index contributed by atoms with van der Waals surface area (Å²) >= 11 is 0. The lowest BCUT2D eigenvalue weighted by Gasteiger charge is -2.36. The minimum atomic E-state index is -0.277. The summed E-state index contributed by atoms with van der Waals surface area (Å²) in [5, 5.41) is 9.46. The Balaban J connectivity index is 2.47. The highest BCUT2D eigenvalue weighted by Crippen LogP contribution is 2.40. The van der Waals surface area contributed by atoms with Gasteiger partial charge in [-0.1, -0.05) is 26.8 Å². The third-order valence-corrected chi connectivity index (χ3v) is 4.15. The van der Waals surface area contributed by atoms with E-state index >= 15 is 0 Å². The van der Waals surface area contributed by atoms with Crippen LogP contribution in [-0.2, 0) is 0 Å². The largest absolute Gasteiger partial charge is 0.389 e. The average molecular weight is 224 g/mol. The Labute approximate surface area is 101 Å². The van der Waals surface area contributed by atoms with Gasteiger partial charge in [0.1, 0.15) is 0 Å². The Morgan fingerprint density at radius 2 is 1.69 bits per heavy atom. The molecule has 0 aromatic heterocycles. The summed E-state index contributed by atoms with van der Waals surface area (Å²) < 4.78 is 0. The van der Waals surface area contributed by atoms with Crippen molar-refractivity contribution in [3.63, 3.8) is 0 Å². The van der Waals surface area contributed by atoms with E-state index in [4.69, 9.17) is 0 Å². The van der Waals surface area contributed by atoms with Crippen molar-refractivity contribution in [2.75, 3.05) is 0 Å². The minimum absolute atomic E-state index is 0.277. The van der Waals surface area contributed by atoms with E-state index in [0.29, 0.717) is 11.3 Å². The van der Waals surface area contributed by atoms with Gasteiger partial charge in [-0.2, -0.15) is 0 Å². The SMILES string of the molecule is CC(=CC1CCC(C(C)(C)C)CC1)C(C)O. The lowest BCUT2D eigenvalue weighted by atomic mass is 9.69. The first-order valence-corrected chi connectivity index (χ1v) is 6.67. The van der Waals surface area contributed by atoms with Gasteiger partial charge in [0.05, 0.1) is 6.10 Å². The van der Waals surface area contributed by atoms with E-state index < -0.39 is 0 Å². The van der Waals surface area contributed by atoms with Gasteiger partial charge in [-0.25, -0.2) is 0 Å². The van der Waals surface area contributed by atoms with E-state index in [1.165, 1.54) is 25.7 Å². The van der Waals surface area contributed by atoms with Crippen molar-refractivity contribution in [1.29, 1.82) is 0 Å². The molecular weight excluding hydrogens is 196 g/mol. The summed E-state index contributed by atoms with van der Waals surface area (Å²) in [5.74, 6) is 1.58. The van der Waals surface area contributed by atoms with Crippen molar-refractivity contribution in [3.8, 4) is 0 Å². The molecule has 1 aliphatic rings. The Bertz CT molecular complexity index is 237. The second-order valence-electron chi connectivity index (χ2n) is 6.56. The van der Waals surface area contributed by atoms with E-state index in [0.717, 1.165) is 11.5 Å². The number of aliphatic hydroxyl groups excluding tert-OH is 1. The minimum Gasteiger partial charge on any atom is -0.389 e. The van der Waals surface area contributed by atoms with Crippen LogP contribution in [0, 0.1) is 17.3 Å². The lowest BCUT2D eigenvalue weighted by Crippen LogP contribution is -2.25. The highest BCUT2D eigenvalue weighted by Gasteiger charge is 2.28. The molecule has 94 valence electrons. The van der Waals surface area contributed by atoms with Gasteiger partial charge in [-0.15, -0.1) is 0 Å². The molecular formula is C15H28O. The van der Waals surface area contributed by atoms with Crippen LogP contribution in [0.4, 0.5) is 0 Å². The Kier molecular flexibility index (Phi) is 4.61. The molecule has 0 aromatic rings. The second-order valence-corrected chi connectivity index (χ2v) is 6.56. The van der Waals surface area contributed by atoms with E-state index in [2.05, 4.69) is 26.8 Å². The summed E-state index contributed by atoms with van der Waals surface area (Å²) in [6, 6.07) is 0. The van der Waals surface area contributed by atoms with E-state index in [1.54, 1.807) is 0 Å². The average Bonchev–Trinajstić information content (AvgIpc) is 2.17. The van der Waals surface area contributed by atoms with Crippen molar-refractivity contribution >= 4 is 0 Å². The fourth-order valence-corrected chi connectivity index (χ4v) is 2.66. The molecule has 1 rings (SSSR count). The number of allylic oxidation sites excluding steroid dienone is 1. The molecule has 1 N–H and O–H groups in total. The molecule has 0 bridgehead atoms. The van der Waals surface area contributed by atoms with Crippen LogP contribution in [0.3, 0.4) is 0 Å². The van der Waals surface area contributed by atoms with Crippen LogP contribution in [0.1, 0.15) is 60.3 Å². The van der Waals surface area contributed by atoms with E-state index in [9.17, 15) is 5.11 Å². The van der Waals surface area contributed by atoms with Gasteiger partial charge in [-0.05, 0) is 62.4 Å². The lowest BCUT2D eigenvalue weighted by molar-refractivity contribution is 0.161. The molecule has 1 aliphatic carbocycles. The zero-order valence-corrected chi connectivity index (χ0v) is 11.6. The first-order valence-electron chi connectivity index (χ1n) is 6.67. The van der Waals surface area contributed by atoms with Crippen LogP contribution < -0.4 is 0 Å². The number of hydrogen-bond donors (Lipinski definition) is 1. The molecule has 1 atom stereocenters. The predicted octanol–water partition coefficient (Wildman–Crippen LogP) is 4.17. The van der Waals surface area contributed by atoms with Crippen molar-refractivity contribution < 1.29 is 5.11 Å². The predicted molar refractivity (Wildman–Crippen MR) is 70.3 cm³/mol. The summed E-state index contributed by atoms with van der Waals surface area (Å²) in [4.78, 5) is 0. The van der Waals surface area contributed by atoms with E-state index in [1.807, 2.05) is 13.8 Å². The molecule has 0 spiro atoms. The Morgan fingerprint density at radius 3 is 2.06 bits per heavy atom. The zero-order chi connectivity index (χ0) is 12.3. The van der Waals surface area contributed by atoms with Gasteiger partial charge in [0.15, 0.2) is 0 Å². The third kappa shape index (κ3) is 3.93. The first kappa shape index (κ1) is 13.8.